The molecule has 0 N–H and O–H groups in total. The van der Waals surface area contributed by atoms with E-state index in [1.807, 2.05) is 18.2 Å². The molecule has 0 atom stereocenters. The molecule has 2 aromatic carbocycles. The quantitative estimate of drug-likeness (QED) is 0.646. The van der Waals surface area contributed by atoms with Crippen LogP contribution >= 0.6 is 0 Å². The maximum absolute atomic E-state index is 13.1. The SMILES string of the molecule is CN1CCC(CCC(=O)c2ccc3c(c2)CCN(Cc2ccc(F)cc2)CC3)CC1. The molecule has 4 heteroatoms. The first-order chi connectivity index (χ1) is 14.6. The molecule has 2 aromatic rings. The molecular formula is C26H33FN2O. The Labute approximate surface area is 179 Å². The number of nitrogens with zero attached hydrogens (tertiary/aromatic N) is 2. The third kappa shape index (κ3) is 5.55. The van der Waals surface area contributed by atoms with Crippen molar-refractivity contribution in [2.75, 3.05) is 33.2 Å². The van der Waals surface area contributed by atoms with Gasteiger partial charge in [0.15, 0.2) is 5.78 Å². The first-order valence-corrected chi connectivity index (χ1v) is 11.4. The molecule has 1 fully saturated rings. The molecule has 3 nitrogen and oxygen atoms in total. The highest BCUT2D eigenvalue weighted by atomic mass is 19.1. The molecule has 0 radical (unpaired) electrons. The normalized spacial score (nSPS) is 18.7. The number of hydrogen-bond donors (Lipinski definition) is 0. The average molecular weight is 409 g/mol. The lowest BCUT2D eigenvalue weighted by Crippen LogP contribution is -2.30. The lowest BCUT2D eigenvalue weighted by molar-refractivity contribution is 0.0965. The maximum Gasteiger partial charge on any atom is 0.162 e. The summed E-state index contributed by atoms with van der Waals surface area (Å²) in [6.07, 6.45) is 6.10. The number of benzene rings is 2. The molecule has 2 aliphatic rings. The summed E-state index contributed by atoms with van der Waals surface area (Å²) in [5.74, 6) is 0.810. The minimum absolute atomic E-state index is 0.185. The molecule has 0 aromatic heterocycles. The Balaban J connectivity index is 1.32. The molecule has 0 saturated carbocycles. The summed E-state index contributed by atoms with van der Waals surface area (Å²) >= 11 is 0. The van der Waals surface area contributed by atoms with Crippen LogP contribution in [0.25, 0.3) is 0 Å². The van der Waals surface area contributed by atoms with Crippen molar-refractivity contribution in [3.8, 4) is 0 Å². The number of rotatable bonds is 6. The summed E-state index contributed by atoms with van der Waals surface area (Å²) in [7, 11) is 2.18. The second-order valence-corrected chi connectivity index (χ2v) is 9.09. The van der Waals surface area contributed by atoms with Gasteiger partial charge in [0.2, 0.25) is 0 Å². The van der Waals surface area contributed by atoms with Gasteiger partial charge in [-0.25, -0.2) is 4.39 Å². The van der Waals surface area contributed by atoms with E-state index in [9.17, 15) is 9.18 Å². The molecule has 4 rings (SSSR count). The predicted octanol–water partition coefficient (Wildman–Crippen LogP) is 4.73. The standard InChI is InChI=1S/C26H33FN2O/c1-28-14-10-20(11-15-28)4-9-26(30)24-6-5-22-12-16-29(17-13-23(22)18-24)19-21-2-7-25(27)8-3-21/h2-3,5-8,18,20H,4,9-17,19H2,1H3. The molecular weight excluding hydrogens is 375 g/mol. The van der Waals surface area contributed by atoms with Crippen molar-refractivity contribution in [3.05, 3.63) is 70.5 Å². The number of piperidine rings is 1. The Morgan fingerprint density at radius 1 is 0.967 bits per heavy atom. The van der Waals surface area contributed by atoms with E-state index in [1.165, 1.54) is 36.1 Å². The molecule has 2 heterocycles. The third-order valence-corrected chi connectivity index (χ3v) is 6.86. The molecule has 2 aliphatic heterocycles. The molecule has 0 amide bonds. The monoisotopic (exact) mass is 408 g/mol. The van der Waals surface area contributed by atoms with Crippen LogP contribution in [0.2, 0.25) is 0 Å². The van der Waals surface area contributed by atoms with Gasteiger partial charge in [-0.2, -0.15) is 0 Å². The van der Waals surface area contributed by atoms with Gasteiger partial charge in [0, 0.05) is 31.6 Å². The molecule has 160 valence electrons. The Morgan fingerprint density at radius 2 is 1.67 bits per heavy atom. The molecule has 0 bridgehead atoms. The zero-order valence-electron chi connectivity index (χ0n) is 18.1. The lowest BCUT2D eigenvalue weighted by atomic mass is 9.90. The van der Waals surface area contributed by atoms with Crippen molar-refractivity contribution < 1.29 is 9.18 Å². The number of hydrogen-bond acceptors (Lipinski definition) is 3. The van der Waals surface area contributed by atoms with Gasteiger partial charge in [0.25, 0.3) is 0 Å². The summed E-state index contributed by atoms with van der Waals surface area (Å²) in [5, 5.41) is 0. The van der Waals surface area contributed by atoms with Crippen molar-refractivity contribution >= 4 is 5.78 Å². The first-order valence-electron chi connectivity index (χ1n) is 11.4. The fourth-order valence-corrected chi connectivity index (χ4v) is 4.78. The van der Waals surface area contributed by atoms with Gasteiger partial charge in [0.05, 0.1) is 0 Å². The second-order valence-electron chi connectivity index (χ2n) is 9.09. The minimum atomic E-state index is -0.185. The zero-order valence-corrected chi connectivity index (χ0v) is 18.1. The summed E-state index contributed by atoms with van der Waals surface area (Å²) < 4.78 is 13.1. The smallest absolute Gasteiger partial charge is 0.162 e. The van der Waals surface area contributed by atoms with Crippen molar-refractivity contribution in [1.82, 2.24) is 9.80 Å². The fraction of sp³-hybridized carbons (Fsp3) is 0.500. The van der Waals surface area contributed by atoms with Gasteiger partial charge in [-0.3, -0.25) is 9.69 Å². The lowest BCUT2D eigenvalue weighted by Gasteiger charge is -2.28. The fourth-order valence-electron chi connectivity index (χ4n) is 4.78. The third-order valence-electron chi connectivity index (χ3n) is 6.86. The number of ketones is 1. The van der Waals surface area contributed by atoms with E-state index in [2.05, 4.69) is 29.0 Å². The number of Topliss-reactive ketones (excluding diaryl/α,β-unsaturated/α-hetero) is 1. The van der Waals surface area contributed by atoms with E-state index in [0.29, 0.717) is 18.1 Å². The van der Waals surface area contributed by atoms with Crippen molar-refractivity contribution in [2.24, 2.45) is 5.92 Å². The van der Waals surface area contributed by atoms with E-state index in [-0.39, 0.29) is 5.82 Å². The van der Waals surface area contributed by atoms with E-state index in [4.69, 9.17) is 0 Å². The second kappa shape index (κ2) is 9.84. The van der Waals surface area contributed by atoms with Crippen LogP contribution in [0.3, 0.4) is 0 Å². The van der Waals surface area contributed by atoms with Crippen LogP contribution in [0.1, 0.15) is 52.7 Å². The predicted molar refractivity (Wildman–Crippen MR) is 119 cm³/mol. The van der Waals surface area contributed by atoms with Crippen LogP contribution < -0.4 is 0 Å². The molecule has 30 heavy (non-hydrogen) atoms. The van der Waals surface area contributed by atoms with Gasteiger partial charge >= 0.3 is 0 Å². The van der Waals surface area contributed by atoms with Gasteiger partial charge in [0.1, 0.15) is 5.82 Å². The highest BCUT2D eigenvalue weighted by molar-refractivity contribution is 5.96. The minimum Gasteiger partial charge on any atom is -0.306 e. The van der Waals surface area contributed by atoms with Gasteiger partial charge in [-0.15, -0.1) is 0 Å². The van der Waals surface area contributed by atoms with E-state index in [1.54, 1.807) is 0 Å². The molecule has 0 unspecified atom stereocenters. The first kappa shape index (κ1) is 21.2. The molecule has 1 saturated heterocycles. The van der Waals surface area contributed by atoms with Gasteiger partial charge in [-0.05, 0) is 93.0 Å². The van der Waals surface area contributed by atoms with Gasteiger partial charge < -0.3 is 4.90 Å². The highest BCUT2D eigenvalue weighted by Crippen LogP contribution is 2.24. The van der Waals surface area contributed by atoms with Crippen LogP contribution in [0.15, 0.2) is 42.5 Å². The number of carbonyl (C=O) groups excluding carboxylic acids is 1. The Kier molecular flexibility index (Phi) is 6.96. The maximum atomic E-state index is 13.1. The van der Waals surface area contributed by atoms with Crippen LogP contribution in [0, 0.1) is 11.7 Å². The summed E-state index contributed by atoms with van der Waals surface area (Å²) in [6.45, 7) is 5.13. The topological polar surface area (TPSA) is 23.6 Å². The summed E-state index contributed by atoms with van der Waals surface area (Å²) in [4.78, 5) is 17.6. The van der Waals surface area contributed by atoms with Crippen LogP contribution in [0.5, 0.6) is 0 Å². The Hall–Kier alpha value is -2.04. The Morgan fingerprint density at radius 3 is 2.40 bits per heavy atom. The largest absolute Gasteiger partial charge is 0.306 e. The average Bonchev–Trinajstić information content (AvgIpc) is 2.96. The van der Waals surface area contributed by atoms with E-state index < -0.39 is 0 Å². The van der Waals surface area contributed by atoms with Crippen LogP contribution in [0.4, 0.5) is 4.39 Å². The van der Waals surface area contributed by atoms with Crippen molar-refractivity contribution in [2.45, 2.75) is 45.1 Å². The number of fused-ring (bicyclic) bond motifs is 1. The van der Waals surface area contributed by atoms with E-state index in [0.717, 1.165) is 63.1 Å². The van der Waals surface area contributed by atoms with Crippen LogP contribution in [-0.2, 0) is 19.4 Å². The van der Waals surface area contributed by atoms with E-state index >= 15 is 0 Å². The molecule has 0 aliphatic carbocycles. The summed E-state index contributed by atoms with van der Waals surface area (Å²) in [6, 6.07) is 13.2. The molecule has 0 spiro atoms. The Bertz CT molecular complexity index is 856. The van der Waals surface area contributed by atoms with Crippen LogP contribution in [-0.4, -0.2) is 48.8 Å². The number of carbonyl (C=O) groups is 1. The zero-order chi connectivity index (χ0) is 20.9. The van der Waals surface area contributed by atoms with Gasteiger partial charge in [-0.1, -0.05) is 24.3 Å². The van der Waals surface area contributed by atoms with Crippen molar-refractivity contribution in [1.29, 1.82) is 0 Å². The highest BCUT2D eigenvalue weighted by Gasteiger charge is 2.19. The number of likely N-dealkylation sites (tertiary alicyclic amines) is 1. The summed E-state index contributed by atoms with van der Waals surface area (Å²) in [5.41, 5.74) is 4.71. The van der Waals surface area contributed by atoms with Crippen molar-refractivity contribution in [3.63, 3.8) is 0 Å². The number of halogens is 1.